The monoisotopic (exact) mass is 279 g/mol. The van der Waals surface area contributed by atoms with Gasteiger partial charge in [-0.25, -0.2) is 0 Å². The van der Waals surface area contributed by atoms with Crippen molar-refractivity contribution in [1.82, 2.24) is 5.32 Å². The molecule has 0 aliphatic rings. The molecule has 19 heavy (non-hydrogen) atoms. The van der Waals surface area contributed by atoms with Crippen molar-refractivity contribution in [3.05, 3.63) is 35.4 Å². The molecule has 1 rings (SSSR count). The van der Waals surface area contributed by atoms with E-state index in [0.29, 0.717) is 12.1 Å². The van der Waals surface area contributed by atoms with E-state index >= 15 is 0 Å². The van der Waals surface area contributed by atoms with E-state index in [2.05, 4.69) is 57.3 Å². The molecule has 1 aromatic rings. The Labute approximate surface area is 123 Å². The van der Waals surface area contributed by atoms with Gasteiger partial charge in [0.05, 0.1) is 0 Å². The summed E-state index contributed by atoms with van der Waals surface area (Å²) in [7, 11) is 0. The number of hydrogen-bond donors (Lipinski definition) is 1. The maximum atomic E-state index is 3.67. The molecule has 1 aromatic carbocycles. The second-order valence-corrected chi connectivity index (χ2v) is 6.61. The summed E-state index contributed by atoms with van der Waals surface area (Å²) in [6.45, 7) is 8.99. The maximum absolute atomic E-state index is 3.67. The van der Waals surface area contributed by atoms with Crippen LogP contribution in [0.15, 0.2) is 24.3 Å². The van der Waals surface area contributed by atoms with Crippen molar-refractivity contribution in [3.8, 4) is 0 Å². The van der Waals surface area contributed by atoms with Gasteiger partial charge in [0.25, 0.3) is 0 Å². The minimum atomic E-state index is 0.438. The Balaban J connectivity index is 2.45. The highest BCUT2D eigenvalue weighted by molar-refractivity contribution is 7.99. The number of benzene rings is 1. The molecule has 2 unspecified atom stereocenters. The summed E-state index contributed by atoms with van der Waals surface area (Å²) in [5, 5.41) is 3.67. The van der Waals surface area contributed by atoms with E-state index in [9.17, 15) is 0 Å². The molecule has 2 atom stereocenters. The Morgan fingerprint density at radius 2 is 1.79 bits per heavy atom. The minimum absolute atomic E-state index is 0.438. The summed E-state index contributed by atoms with van der Waals surface area (Å²) < 4.78 is 0. The van der Waals surface area contributed by atoms with E-state index in [1.54, 1.807) is 0 Å². The second kappa shape index (κ2) is 9.44. The predicted octanol–water partition coefficient (Wildman–Crippen LogP) is 4.82. The van der Waals surface area contributed by atoms with Crippen LogP contribution in [-0.4, -0.2) is 17.5 Å². The van der Waals surface area contributed by atoms with Gasteiger partial charge in [-0.2, -0.15) is 11.8 Å². The normalized spacial score (nSPS) is 14.3. The fourth-order valence-electron chi connectivity index (χ4n) is 2.22. The fourth-order valence-corrected chi connectivity index (χ4v) is 2.91. The Morgan fingerprint density at radius 3 is 2.37 bits per heavy atom. The lowest BCUT2D eigenvalue weighted by atomic mass is 10.0. The number of unbranched alkanes of at least 4 members (excludes halogenated alkanes) is 1. The number of thioether (sulfide) groups is 1. The summed E-state index contributed by atoms with van der Waals surface area (Å²) in [4.78, 5) is 0. The highest BCUT2D eigenvalue weighted by atomic mass is 32.2. The van der Waals surface area contributed by atoms with Crippen LogP contribution in [0.1, 0.15) is 57.7 Å². The third kappa shape index (κ3) is 6.49. The van der Waals surface area contributed by atoms with Gasteiger partial charge in [-0.05, 0) is 43.6 Å². The van der Waals surface area contributed by atoms with E-state index in [1.165, 1.54) is 41.9 Å². The minimum Gasteiger partial charge on any atom is -0.307 e. The van der Waals surface area contributed by atoms with Crippen LogP contribution in [0.4, 0.5) is 0 Å². The molecule has 0 fully saturated rings. The summed E-state index contributed by atoms with van der Waals surface area (Å²) in [5.74, 6) is 2.39. The first-order valence-electron chi connectivity index (χ1n) is 7.60. The number of nitrogens with one attached hydrogen (secondary N) is 1. The smallest absolute Gasteiger partial charge is 0.0294 e. The van der Waals surface area contributed by atoms with Crippen molar-refractivity contribution in [1.29, 1.82) is 0 Å². The second-order valence-electron chi connectivity index (χ2n) is 5.29. The molecular formula is C17H29NS. The molecule has 2 heteroatoms. The Kier molecular flexibility index (Phi) is 8.24. The van der Waals surface area contributed by atoms with Crippen molar-refractivity contribution in [3.63, 3.8) is 0 Å². The largest absolute Gasteiger partial charge is 0.307 e. The molecule has 0 spiro atoms. The average Bonchev–Trinajstić information content (AvgIpc) is 2.43. The zero-order chi connectivity index (χ0) is 14.1. The Bertz CT molecular complexity index is 334. The molecule has 0 aliphatic heterocycles. The maximum Gasteiger partial charge on any atom is 0.0294 e. The van der Waals surface area contributed by atoms with Gasteiger partial charge in [0.2, 0.25) is 0 Å². The summed E-state index contributed by atoms with van der Waals surface area (Å²) in [5.41, 5.74) is 2.86. The molecule has 0 aliphatic carbocycles. The molecule has 0 amide bonds. The molecule has 0 saturated carbocycles. The summed E-state index contributed by atoms with van der Waals surface area (Å²) >= 11 is 2.00. The summed E-state index contributed by atoms with van der Waals surface area (Å²) in [6.07, 6.45) is 3.77. The molecule has 0 radical (unpaired) electrons. The lowest BCUT2D eigenvalue weighted by Gasteiger charge is -2.20. The van der Waals surface area contributed by atoms with Gasteiger partial charge in [-0.15, -0.1) is 0 Å². The van der Waals surface area contributed by atoms with E-state index in [0.717, 1.165) is 0 Å². The van der Waals surface area contributed by atoms with E-state index in [-0.39, 0.29) is 0 Å². The number of aryl methyl sites for hydroxylation is 1. The van der Waals surface area contributed by atoms with Crippen molar-refractivity contribution in [2.75, 3.05) is 11.5 Å². The van der Waals surface area contributed by atoms with Crippen molar-refractivity contribution < 1.29 is 0 Å². The predicted molar refractivity (Wildman–Crippen MR) is 89.1 cm³/mol. The quantitative estimate of drug-likeness (QED) is 0.695. The van der Waals surface area contributed by atoms with Gasteiger partial charge >= 0.3 is 0 Å². The molecule has 0 heterocycles. The van der Waals surface area contributed by atoms with E-state index < -0.39 is 0 Å². The van der Waals surface area contributed by atoms with Crippen molar-refractivity contribution in [2.45, 2.75) is 59.0 Å². The van der Waals surface area contributed by atoms with Crippen LogP contribution >= 0.6 is 11.8 Å². The van der Waals surface area contributed by atoms with Crippen LogP contribution in [0, 0.1) is 0 Å². The highest BCUT2D eigenvalue weighted by Crippen LogP contribution is 2.16. The molecule has 0 bridgehead atoms. The van der Waals surface area contributed by atoms with Gasteiger partial charge in [-0.1, -0.05) is 44.5 Å². The van der Waals surface area contributed by atoms with Crippen LogP contribution < -0.4 is 5.32 Å². The molecule has 108 valence electrons. The molecular weight excluding hydrogens is 250 g/mol. The standard InChI is InChI=1S/C17H29NS/c1-5-7-8-16-9-11-17(12-10-16)15(4)18-14(3)13-19-6-2/h9-12,14-15,18H,5-8,13H2,1-4H3. The molecule has 0 saturated heterocycles. The van der Waals surface area contributed by atoms with Crippen LogP contribution in [0.5, 0.6) is 0 Å². The first-order chi connectivity index (χ1) is 9.17. The lowest BCUT2D eigenvalue weighted by Crippen LogP contribution is -2.30. The Hall–Kier alpha value is -0.470. The van der Waals surface area contributed by atoms with Gasteiger partial charge < -0.3 is 5.32 Å². The topological polar surface area (TPSA) is 12.0 Å². The third-order valence-corrected chi connectivity index (χ3v) is 4.55. The zero-order valence-electron chi connectivity index (χ0n) is 12.9. The number of rotatable bonds is 9. The van der Waals surface area contributed by atoms with Crippen LogP contribution in [0.2, 0.25) is 0 Å². The van der Waals surface area contributed by atoms with E-state index in [1.807, 2.05) is 11.8 Å². The molecule has 0 aromatic heterocycles. The SMILES string of the molecule is CCCCc1ccc(C(C)NC(C)CSCC)cc1. The lowest BCUT2D eigenvalue weighted by molar-refractivity contribution is 0.511. The van der Waals surface area contributed by atoms with Gasteiger partial charge in [0, 0.05) is 17.8 Å². The first kappa shape index (κ1) is 16.6. The highest BCUT2D eigenvalue weighted by Gasteiger charge is 2.09. The van der Waals surface area contributed by atoms with Gasteiger partial charge in [0.1, 0.15) is 0 Å². The number of hydrogen-bond acceptors (Lipinski definition) is 2. The first-order valence-corrected chi connectivity index (χ1v) is 8.75. The zero-order valence-corrected chi connectivity index (χ0v) is 13.7. The van der Waals surface area contributed by atoms with Crippen molar-refractivity contribution in [2.24, 2.45) is 0 Å². The Morgan fingerprint density at radius 1 is 1.11 bits per heavy atom. The fraction of sp³-hybridized carbons (Fsp3) is 0.647. The van der Waals surface area contributed by atoms with Crippen LogP contribution in [0.25, 0.3) is 0 Å². The van der Waals surface area contributed by atoms with Crippen LogP contribution in [0.3, 0.4) is 0 Å². The van der Waals surface area contributed by atoms with Crippen molar-refractivity contribution >= 4 is 11.8 Å². The average molecular weight is 279 g/mol. The van der Waals surface area contributed by atoms with E-state index in [4.69, 9.17) is 0 Å². The van der Waals surface area contributed by atoms with Crippen LogP contribution in [-0.2, 0) is 6.42 Å². The summed E-state index contributed by atoms with van der Waals surface area (Å²) in [6, 6.07) is 10.1. The molecule has 1 N–H and O–H groups in total. The van der Waals surface area contributed by atoms with Gasteiger partial charge in [0.15, 0.2) is 0 Å². The van der Waals surface area contributed by atoms with Gasteiger partial charge in [-0.3, -0.25) is 0 Å². The molecule has 1 nitrogen and oxygen atoms in total. The third-order valence-electron chi connectivity index (χ3n) is 3.41.